The lowest BCUT2D eigenvalue weighted by molar-refractivity contribution is -0.139. The van der Waals surface area contributed by atoms with Gasteiger partial charge in [-0.1, -0.05) is 30.3 Å². The number of ether oxygens (including phenoxy) is 2. The topological polar surface area (TPSA) is 139 Å². The number of carbonyl (C=O) groups is 3. The van der Waals surface area contributed by atoms with Gasteiger partial charge in [0.15, 0.2) is 23.2 Å². The Morgan fingerprint density at radius 1 is 1.06 bits per heavy atom. The number of nitrogens with zero attached hydrogens (tertiary/aromatic N) is 1. The number of amides is 3. The molecular weight excluding hydrogens is 436 g/mol. The highest BCUT2D eigenvalue weighted by atomic mass is 32.1. The summed E-state index contributed by atoms with van der Waals surface area (Å²) in [5.74, 6) is -1.11. The molecule has 3 aromatic rings. The van der Waals surface area contributed by atoms with Crippen molar-refractivity contribution >= 4 is 40.1 Å². The van der Waals surface area contributed by atoms with Crippen molar-refractivity contribution in [3.8, 4) is 11.5 Å². The first-order valence-electron chi connectivity index (χ1n) is 9.33. The van der Waals surface area contributed by atoms with Crippen LogP contribution in [0.15, 0.2) is 53.9 Å². The van der Waals surface area contributed by atoms with E-state index in [1.165, 1.54) is 24.6 Å². The number of hydrogen-bond donors (Lipinski definition) is 4. The second-order valence-corrected chi connectivity index (χ2v) is 7.19. The lowest BCUT2D eigenvalue weighted by Gasteiger charge is -2.11. The minimum Gasteiger partial charge on any atom is -0.493 e. The lowest BCUT2D eigenvalue weighted by Crippen LogP contribution is -2.28. The second kappa shape index (κ2) is 10.8. The van der Waals surface area contributed by atoms with Crippen molar-refractivity contribution in [2.75, 3.05) is 24.4 Å². The summed E-state index contributed by atoms with van der Waals surface area (Å²) in [6, 6.07) is 13.5. The maximum atomic E-state index is 12.5. The molecule has 10 nitrogen and oxygen atoms in total. The summed E-state index contributed by atoms with van der Waals surface area (Å²) in [5.41, 5.74) is 1.48. The normalized spacial score (nSPS) is 10.2. The molecule has 0 aliphatic heterocycles. The molecule has 0 saturated heterocycles. The van der Waals surface area contributed by atoms with Crippen molar-refractivity contribution in [3.05, 3.63) is 65.2 Å². The van der Waals surface area contributed by atoms with E-state index in [1.54, 1.807) is 6.07 Å². The number of aromatic nitrogens is 1. The van der Waals surface area contributed by atoms with Gasteiger partial charge >= 0.3 is 12.0 Å². The van der Waals surface area contributed by atoms with E-state index < -0.39 is 24.5 Å². The second-order valence-electron chi connectivity index (χ2n) is 6.33. The summed E-state index contributed by atoms with van der Waals surface area (Å²) in [7, 11) is 1.40. The minimum atomic E-state index is -1.12. The molecule has 0 atom stereocenters. The van der Waals surface area contributed by atoms with E-state index in [0.29, 0.717) is 12.2 Å². The zero-order chi connectivity index (χ0) is 22.9. The molecule has 3 amide bonds. The van der Waals surface area contributed by atoms with Crippen LogP contribution in [0, 0.1) is 0 Å². The Balaban J connectivity index is 1.56. The van der Waals surface area contributed by atoms with Crippen LogP contribution in [0.4, 0.5) is 15.6 Å². The van der Waals surface area contributed by atoms with Crippen molar-refractivity contribution in [2.45, 2.75) is 6.54 Å². The van der Waals surface area contributed by atoms with E-state index >= 15 is 0 Å². The SMILES string of the molecule is COc1cc(NC(=O)c2csc(NC(=O)NCc3ccccc3)n2)ccc1OCC(=O)O. The predicted molar refractivity (Wildman–Crippen MR) is 118 cm³/mol. The molecular formula is C21H20N4O6S. The van der Waals surface area contributed by atoms with Crippen molar-refractivity contribution in [1.82, 2.24) is 10.3 Å². The van der Waals surface area contributed by atoms with Crippen molar-refractivity contribution in [1.29, 1.82) is 0 Å². The van der Waals surface area contributed by atoms with Crippen LogP contribution in [0.25, 0.3) is 0 Å². The van der Waals surface area contributed by atoms with Gasteiger partial charge in [0, 0.05) is 23.7 Å². The highest BCUT2D eigenvalue weighted by Gasteiger charge is 2.14. The smallest absolute Gasteiger partial charge is 0.341 e. The largest absolute Gasteiger partial charge is 0.493 e. The van der Waals surface area contributed by atoms with Gasteiger partial charge in [-0.15, -0.1) is 11.3 Å². The summed E-state index contributed by atoms with van der Waals surface area (Å²) in [4.78, 5) is 39.3. The maximum Gasteiger partial charge on any atom is 0.341 e. The molecule has 3 rings (SSSR count). The lowest BCUT2D eigenvalue weighted by atomic mass is 10.2. The molecule has 166 valence electrons. The van der Waals surface area contributed by atoms with Crippen LogP contribution < -0.4 is 25.4 Å². The molecule has 0 fully saturated rings. The van der Waals surface area contributed by atoms with Crippen LogP contribution in [-0.2, 0) is 11.3 Å². The van der Waals surface area contributed by atoms with Crippen LogP contribution in [0.1, 0.15) is 16.1 Å². The Kier molecular flexibility index (Phi) is 7.60. The summed E-state index contributed by atoms with van der Waals surface area (Å²) < 4.78 is 10.3. The van der Waals surface area contributed by atoms with E-state index in [2.05, 4.69) is 20.9 Å². The van der Waals surface area contributed by atoms with E-state index in [4.69, 9.17) is 14.6 Å². The molecule has 0 saturated carbocycles. The molecule has 4 N–H and O–H groups in total. The number of methoxy groups -OCH3 is 1. The minimum absolute atomic E-state index is 0.124. The molecule has 11 heteroatoms. The Bertz CT molecular complexity index is 1100. The molecule has 0 unspecified atom stereocenters. The third-order valence-electron chi connectivity index (χ3n) is 4.03. The van der Waals surface area contributed by atoms with Crippen molar-refractivity contribution in [2.24, 2.45) is 0 Å². The number of anilines is 2. The number of urea groups is 1. The third kappa shape index (κ3) is 6.44. The summed E-state index contributed by atoms with van der Waals surface area (Å²) >= 11 is 1.11. The van der Waals surface area contributed by atoms with E-state index in [9.17, 15) is 14.4 Å². The fraction of sp³-hybridized carbons (Fsp3) is 0.143. The first-order valence-corrected chi connectivity index (χ1v) is 10.2. The van der Waals surface area contributed by atoms with Gasteiger partial charge < -0.3 is 25.2 Å². The van der Waals surface area contributed by atoms with Crippen LogP contribution in [-0.4, -0.2) is 41.7 Å². The molecule has 1 heterocycles. The van der Waals surface area contributed by atoms with Gasteiger partial charge in [-0.2, -0.15) is 0 Å². The first kappa shape index (κ1) is 22.6. The molecule has 0 bridgehead atoms. The third-order valence-corrected chi connectivity index (χ3v) is 4.78. The maximum absolute atomic E-state index is 12.5. The standard InChI is InChI=1S/C21H20N4O6S/c1-30-17-9-14(7-8-16(17)31-11-18(26)27)23-19(28)15-12-32-21(24-15)25-20(29)22-10-13-5-3-2-4-6-13/h2-9,12H,10-11H2,1H3,(H,23,28)(H,26,27)(H2,22,24,25,29). The number of rotatable bonds is 9. The number of nitrogens with one attached hydrogen (secondary N) is 3. The average molecular weight is 456 g/mol. The summed E-state index contributed by atoms with van der Waals surface area (Å²) in [6.45, 7) is -0.158. The Hall–Kier alpha value is -4.12. The van der Waals surface area contributed by atoms with Crippen molar-refractivity contribution in [3.63, 3.8) is 0 Å². The highest BCUT2D eigenvalue weighted by molar-refractivity contribution is 7.14. The zero-order valence-electron chi connectivity index (χ0n) is 17.0. The fourth-order valence-electron chi connectivity index (χ4n) is 2.55. The molecule has 0 aliphatic rings. The van der Waals surface area contributed by atoms with Gasteiger partial charge in [-0.3, -0.25) is 10.1 Å². The molecule has 1 aromatic heterocycles. The van der Waals surface area contributed by atoms with Gasteiger partial charge in [0.2, 0.25) is 0 Å². The van der Waals surface area contributed by atoms with Gasteiger partial charge in [0.1, 0.15) is 5.69 Å². The van der Waals surface area contributed by atoms with Crippen LogP contribution in [0.3, 0.4) is 0 Å². The Morgan fingerprint density at radius 3 is 2.56 bits per heavy atom. The van der Waals surface area contributed by atoms with Crippen LogP contribution >= 0.6 is 11.3 Å². The van der Waals surface area contributed by atoms with Crippen molar-refractivity contribution < 1.29 is 29.0 Å². The fourth-order valence-corrected chi connectivity index (χ4v) is 3.24. The number of aliphatic carboxylic acids is 1. The number of carboxylic acid groups (broad SMARTS) is 1. The Morgan fingerprint density at radius 2 is 1.84 bits per heavy atom. The van der Waals surface area contributed by atoms with Gasteiger partial charge in [-0.25, -0.2) is 14.6 Å². The van der Waals surface area contributed by atoms with E-state index in [-0.39, 0.29) is 22.3 Å². The summed E-state index contributed by atoms with van der Waals surface area (Å²) in [5, 5.41) is 18.5. The summed E-state index contributed by atoms with van der Waals surface area (Å²) in [6.07, 6.45) is 0. The molecule has 0 aliphatic carbocycles. The number of benzene rings is 2. The van der Waals surface area contributed by atoms with E-state index in [1.807, 2.05) is 30.3 Å². The predicted octanol–water partition coefficient (Wildman–Crippen LogP) is 3.19. The monoisotopic (exact) mass is 456 g/mol. The average Bonchev–Trinajstić information content (AvgIpc) is 3.26. The first-order chi connectivity index (χ1) is 15.4. The van der Waals surface area contributed by atoms with Gasteiger partial charge in [0.25, 0.3) is 5.91 Å². The van der Waals surface area contributed by atoms with Gasteiger partial charge in [-0.05, 0) is 17.7 Å². The molecule has 32 heavy (non-hydrogen) atoms. The van der Waals surface area contributed by atoms with E-state index in [0.717, 1.165) is 16.9 Å². The van der Waals surface area contributed by atoms with Crippen LogP contribution in [0.2, 0.25) is 0 Å². The van der Waals surface area contributed by atoms with Gasteiger partial charge in [0.05, 0.1) is 7.11 Å². The zero-order valence-corrected chi connectivity index (χ0v) is 17.8. The number of thiazole rings is 1. The number of carboxylic acids is 1. The molecule has 0 spiro atoms. The number of carbonyl (C=O) groups excluding carboxylic acids is 2. The highest BCUT2D eigenvalue weighted by Crippen LogP contribution is 2.30. The van der Waals surface area contributed by atoms with Crippen LogP contribution in [0.5, 0.6) is 11.5 Å². The quantitative estimate of drug-likeness (QED) is 0.388. The molecule has 2 aromatic carbocycles. The Labute approximate surface area is 187 Å². The number of hydrogen-bond acceptors (Lipinski definition) is 7. The molecule has 0 radical (unpaired) electrons.